The number of fused-ring (bicyclic) bond motifs is 2. The van der Waals surface area contributed by atoms with Crippen LogP contribution >= 0.6 is 0 Å². The van der Waals surface area contributed by atoms with Crippen molar-refractivity contribution >= 4 is 11.6 Å². The zero-order chi connectivity index (χ0) is 23.3. The monoisotopic (exact) mass is 470 g/mol. The summed E-state index contributed by atoms with van der Waals surface area (Å²) in [6.07, 6.45) is 9.61. The van der Waals surface area contributed by atoms with E-state index >= 15 is 0 Å². The van der Waals surface area contributed by atoms with E-state index in [0.29, 0.717) is 24.2 Å². The number of anilines is 1. The SMILES string of the molecule is Cc1ccc(F)c2c1NC(C(=O)N[C@@H]1CCC[C@@H](N3CCN4NCNC4C3)C1)(C1CCCC1)C2. The van der Waals surface area contributed by atoms with Gasteiger partial charge in [-0.25, -0.2) is 14.8 Å². The molecular weight excluding hydrogens is 431 g/mol. The van der Waals surface area contributed by atoms with Crippen molar-refractivity contribution in [3.05, 3.63) is 29.1 Å². The van der Waals surface area contributed by atoms with E-state index in [1.807, 2.05) is 13.0 Å². The zero-order valence-corrected chi connectivity index (χ0v) is 20.3. The van der Waals surface area contributed by atoms with Crippen LogP contribution in [0, 0.1) is 18.7 Å². The lowest BCUT2D eigenvalue weighted by Crippen LogP contribution is -2.61. The van der Waals surface area contributed by atoms with E-state index in [4.69, 9.17) is 0 Å². The van der Waals surface area contributed by atoms with Crippen molar-refractivity contribution in [1.82, 2.24) is 26.0 Å². The first-order valence-electron chi connectivity index (χ1n) is 13.4. The van der Waals surface area contributed by atoms with Gasteiger partial charge in [-0.3, -0.25) is 15.0 Å². The normalized spacial score (nSPS) is 34.6. The molecule has 34 heavy (non-hydrogen) atoms. The molecule has 0 spiro atoms. The molecule has 0 bridgehead atoms. The molecule has 1 aromatic carbocycles. The van der Waals surface area contributed by atoms with E-state index in [0.717, 1.165) is 82.5 Å². The van der Waals surface area contributed by atoms with E-state index in [1.165, 1.54) is 6.42 Å². The van der Waals surface area contributed by atoms with Crippen molar-refractivity contribution < 1.29 is 9.18 Å². The number of nitrogens with one attached hydrogen (secondary N) is 4. The van der Waals surface area contributed by atoms with Crippen molar-refractivity contribution in [2.45, 2.75) is 88.5 Å². The third-order valence-electron chi connectivity index (χ3n) is 9.25. The van der Waals surface area contributed by atoms with Gasteiger partial charge in [0.05, 0.1) is 12.8 Å². The Morgan fingerprint density at radius 1 is 1.15 bits per heavy atom. The minimum Gasteiger partial charge on any atom is -0.370 e. The molecule has 6 rings (SSSR count). The summed E-state index contributed by atoms with van der Waals surface area (Å²) in [5.74, 6) is 0.159. The van der Waals surface area contributed by atoms with Gasteiger partial charge in [-0.2, -0.15) is 0 Å². The number of aryl methyl sites for hydroxylation is 1. The summed E-state index contributed by atoms with van der Waals surface area (Å²) >= 11 is 0. The number of carbonyl (C=O) groups is 1. The van der Waals surface area contributed by atoms with E-state index in [9.17, 15) is 9.18 Å². The Labute approximate surface area is 202 Å². The van der Waals surface area contributed by atoms with Gasteiger partial charge in [0.2, 0.25) is 5.91 Å². The second kappa shape index (κ2) is 9.04. The fourth-order valence-corrected chi connectivity index (χ4v) is 7.33. The van der Waals surface area contributed by atoms with Gasteiger partial charge in [0.25, 0.3) is 0 Å². The Balaban J connectivity index is 1.17. The molecule has 2 unspecified atom stereocenters. The number of carbonyl (C=O) groups excluding carboxylic acids is 1. The molecule has 1 amide bonds. The molecule has 2 saturated carbocycles. The van der Waals surface area contributed by atoms with Crippen LogP contribution in [-0.2, 0) is 11.2 Å². The van der Waals surface area contributed by atoms with Crippen molar-refractivity contribution in [2.75, 3.05) is 31.6 Å². The van der Waals surface area contributed by atoms with Crippen molar-refractivity contribution in [3.63, 3.8) is 0 Å². The minimum atomic E-state index is -0.718. The van der Waals surface area contributed by atoms with E-state index < -0.39 is 5.54 Å². The summed E-state index contributed by atoms with van der Waals surface area (Å²) in [5.41, 5.74) is 5.24. The number of rotatable bonds is 4. The van der Waals surface area contributed by atoms with Crippen LogP contribution in [0.4, 0.5) is 10.1 Å². The first-order valence-corrected chi connectivity index (χ1v) is 13.4. The number of hydrogen-bond donors (Lipinski definition) is 4. The highest BCUT2D eigenvalue weighted by Gasteiger charge is 2.52. The highest BCUT2D eigenvalue weighted by atomic mass is 19.1. The highest BCUT2D eigenvalue weighted by Crippen LogP contribution is 2.46. The molecule has 3 heterocycles. The number of benzene rings is 1. The average molecular weight is 471 g/mol. The summed E-state index contributed by atoms with van der Waals surface area (Å²) in [6, 6.07) is 4.08. The maximum atomic E-state index is 14.8. The predicted molar refractivity (Wildman–Crippen MR) is 131 cm³/mol. The number of amides is 1. The van der Waals surface area contributed by atoms with E-state index in [2.05, 4.69) is 31.3 Å². The van der Waals surface area contributed by atoms with Gasteiger partial charge in [-0.1, -0.05) is 18.9 Å². The molecule has 186 valence electrons. The van der Waals surface area contributed by atoms with Crippen LogP contribution < -0.4 is 21.4 Å². The van der Waals surface area contributed by atoms with Gasteiger partial charge in [0.15, 0.2) is 0 Å². The average Bonchev–Trinajstić information content (AvgIpc) is 3.61. The van der Waals surface area contributed by atoms with Crippen LogP contribution in [0.15, 0.2) is 12.1 Å². The summed E-state index contributed by atoms with van der Waals surface area (Å²) in [5, 5.41) is 12.9. The molecule has 4 fully saturated rings. The van der Waals surface area contributed by atoms with Gasteiger partial charge in [0.1, 0.15) is 11.4 Å². The van der Waals surface area contributed by atoms with Crippen molar-refractivity contribution in [2.24, 2.45) is 5.92 Å². The van der Waals surface area contributed by atoms with Crippen LogP contribution in [-0.4, -0.2) is 65.9 Å². The quantitative estimate of drug-likeness (QED) is 0.542. The number of nitrogens with zero attached hydrogens (tertiary/aromatic N) is 2. The lowest BCUT2D eigenvalue weighted by atomic mass is 9.78. The molecule has 1 aromatic rings. The fourth-order valence-electron chi connectivity index (χ4n) is 7.33. The largest absolute Gasteiger partial charge is 0.370 e. The number of halogens is 1. The summed E-state index contributed by atoms with van der Waals surface area (Å²) in [4.78, 5) is 16.6. The molecule has 8 heteroatoms. The van der Waals surface area contributed by atoms with Crippen molar-refractivity contribution in [3.8, 4) is 0 Å². The summed E-state index contributed by atoms with van der Waals surface area (Å²) in [7, 11) is 0. The Bertz CT molecular complexity index is 903. The first-order chi connectivity index (χ1) is 16.5. The minimum absolute atomic E-state index is 0.0894. The van der Waals surface area contributed by atoms with E-state index in [-0.39, 0.29) is 23.7 Å². The highest BCUT2D eigenvalue weighted by molar-refractivity contribution is 5.93. The van der Waals surface area contributed by atoms with Crippen LogP contribution in [0.1, 0.15) is 62.5 Å². The predicted octanol–water partition coefficient (Wildman–Crippen LogP) is 2.47. The number of hydrazine groups is 1. The second-order valence-electron chi connectivity index (χ2n) is 11.2. The maximum absolute atomic E-state index is 14.8. The smallest absolute Gasteiger partial charge is 0.246 e. The van der Waals surface area contributed by atoms with Gasteiger partial charge < -0.3 is 10.6 Å². The van der Waals surface area contributed by atoms with Crippen molar-refractivity contribution in [1.29, 1.82) is 0 Å². The lowest BCUT2D eigenvalue weighted by Gasteiger charge is -2.44. The molecule has 5 aliphatic rings. The molecule has 2 aliphatic carbocycles. The number of hydrogen-bond acceptors (Lipinski definition) is 6. The molecule has 7 nitrogen and oxygen atoms in total. The third-order valence-corrected chi connectivity index (χ3v) is 9.25. The lowest BCUT2D eigenvalue weighted by molar-refractivity contribution is -0.128. The van der Waals surface area contributed by atoms with Crippen LogP contribution in [0.25, 0.3) is 0 Å². The summed E-state index contributed by atoms with van der Waals surface area (Å²) in [6.45, 7) is 5.98. The van der Waals surface area contributed by atoms with Crippen LogP contribution in [0.5, 0.6) is 0 Å². The molecule has 0 aromatic heterocycles. The van der Waals surface area contributed by atoms with Gasteiger partial charge >= 0.3 is 0 Å². The Kier molecular flexibility index (Phi) is 6.04. The van der Waals surface area contributed by atoms with Crippen LogP contribution in [0.2, 0.25) is 0 Å². The van der Waals surface area contributed by atoms with Crippen LogP contribution in [0.3, 0.4) is 0 Å². The first kappa shape index (κ1) is 22.7. The Morgan fingerprint density at radius 2 is 2.00 bits per heavy atom. The fraction of sp³-hybridized carbons (Fsp3) is 0.731. The number of piperazine rings is 1. The summed E-state index contributed by atoms with van der Waals surface area (Å²) < 4.78 is 14.8. The molecule has 4 N–H and O–H groups in total. The maximum Gasteiger partial charge on any atom is 0.246 e. The Hall–Kier alpha value is -1.74. The molecule has 2 saturated heterocycles. The topological polar surface area (TPSA) is 71.7 Å². The Morgan fingerprint density at radius 3 is 2.82 bits per heavy atom. The molecule has 4 atom stereocenters. The second-order valence-corrected chi connectivity index (χ2v) is 11.2. The molecular formula is C26H39FN6O. The molecule has 0 radical (unpaired) electrons. The van der Waals surface area contributed by atoms with Gasteiger partial charge in [-0.05, 0) is 63.0 Å². The van der Waals surface area contributed by atoms with Gasteiger partial charge in [0, 0.05) is 49.4 Å². The molecule has 3 aliphatic heterocycles. The van der Waals surface area contributed by atoms with E-state index in [1.54, 1.807) is 6.07 Å². The standard InChI is InChI=1S/C26H39FN6O/c1-17-9-10-22(27)21-14-26(31-24(17)21,18-5-2-3-6-18)25(34)30-19-7-4-8-20(13-19)32-11-12-33-23(15-32)28-16-29-33/h9-10,18-20,23,28-29,31H,2-8,11-16H2,1H3,(H,30,34)/t19-,20-,23?,26?/m1/s1. The zero-order valence-electron chi connectivity index (χ0n) is 20.3. The third kappa shape index (κ3) is 3.92. The van der Waals surface area contributed by atoms with Gasteiger partial charge in [-0.15, -0.1) is 0 Å².